The van der Waals surface area contributed by atoms with Gasteiger partial charge < -0.3 is 5.73 Å². The first kappa shape index (κ1) is 20.5. The standard InChI is InChI=1S/C21H21Cl3N4O/c22-14-6-4-13(5-7-14)19-20(27-10-2-1-3-11-27)18(21(25)29)26-28(19)17-9-8-15(23)12-16(17)24/h4-9,12,19-20H,1-3,10-11H2,(H2,25,29). The summed E-state index contributed by atoms with van der Waals surface area (Å²) >= 11 is 18.7. The van der Waals surface area contributed by atoms with Gasteiger partial charge in [-0.25, -0.2) is 0 Å². The van der Waals surface area contributed by atoms with Gasteiger partial charge in [0.15, 0.2) is 0 Å². The van der Waals surface area contributed by atoms with Gasteiger partial charge in [0.2, 0.25) is 0 Å². The van der Waals surface area contributed by atoms with Crippen molar-refractivity contribution in [2.24, 2.45) is 10.8 Å². The average molecular weight is 452 g/mol. The van der Waals surface area contributed by atoms with Gasteiger partial charge in [-0.2, -0.15) is 5.10 Å². The Morgan fingerprint density at radius 1 is 0.931 bits per heavy atom. The number of anilines is 1. The highest BCUT2D eigenvalue weighted by atomic mass is 35.5. The summed E-state index contributed by atoms with van der Waals surface area (Å²) in [5.41, 5.74) is 7.77. The SMILES string of the molecule is NC(=O)C1=NN(c2ccc(Cl)cc2Cl)C(c2ccc(Cl)cc2)C1N1CCCCC1. The highest BCUT2D eigenvalue weighted by Crippen LogP contribution is 2.42. The van der Waals surface area contributed by atoms with Gasteiger partial charge in [0, 0.05) is 10.0 Å². The molecular weight excluding hydrogens is 431 g/mol. The lowest BCUT2D eigenvalue weighted by molar-refractivity contribution is -0.112. The van der Waals surface area contributed by atoms with Crippen molar-refractivity contribution in [3.8, 4) is 0 Å². The predicted molar refractivity (Wildman–Crippen MR) is 119 cm³/mol. The molecular formula is C21H21Cl3N4O. The van der Waals surface area contributed by atoms with Crippen LogP contribution in [0.4, 0.5) is 5.69 Å². The summed E-state index contributed by atoms with van der Waals surface area (Å²) in [6, 6.07) is 12.3. The summed E-state index contributed by atoms with van der Waals surface area (Å²) < 4.78 is 0. The number of piperidine rings is 1. The third kappa shape index (κ3) is 4.10. The summed E-state index contributed by atoms with van der Waals surface area (Å²) in [6.07, 6.45) is 3.35. The molecule has 152 valence electrons. The van der Waals surface area contributed by atoms with Gasteiger partial charge >= 0.3 is 0 Å². The zero-order valence-electron chi connectivity index (χ0n) is 15.7. The van der Waals surface area contributed by atoms with Gasteiger partial charge in [0.05, 0.1) is 22.8 Å². The molecule has 8 heteroatoms. The zero-order valence-corrected chi connectivity index (χ0v) is 18.0. The molecule has 0 aliphatic carbocycles. The Morgan fingerprint density at radius 3 is 2.21 bits per heavy atom. The van der Waals surface area contributed by atoms with Crippen LogP contribution in [0.3, 0.4) is 0 Å². The second-order valence-electron chi connectivity index (χ2n) is 7.33. The molecule has 1 fully saturated rings. The van der Waals surface area contributed by atoms with E-state index < -0.39 is 5.91 Å². The topological polar surface area (TPSA) is 61.9 Å². The minimum atomic E-state index is -0.521. The molecule has 0 spiro atoms. The maximum absolute atomic E-state index is 12.4. The van der Waals surface area contributed by atoms with Crippen molar-refractivity contribution in [3.05, 3.63) is 63.1 Å². The first-order valence-electron chi connectivity index (χ1n) is 9.58. The van der Waals surface area contributed by atoms with Crippen LogP contribution in [0.5, 0.6) is 0 Å². The van der Waals surface area contributed by atoms with E-state index >= 15 is 0 Å². The van der Waals surface area contributed by atoms with Gasteiger partial charge in [0.25, 0.3) is 5.91 Å². The van der Waals surface area contributed by atoms with Gasteiger partial charge in [-0.1, -0.05) is 53.4 Å². The lowest BCUT2D eigenvalue weighted by Gasteiger charge is -2.37. The number of carbonyl (C=O) groups excluding carboxylic acids is 1. The number of nitrogens with two attached hydrogens (primary N) is 1. The first-order valence-corrected chi connectivity index (χ1v) is 10.7. The van der Waals surface area contributed by atoms with Crippen molar-refractivity contribution >= 4 is 52.1 Å². The maximum Gasteiger partial charge on any atom is 0.266 e. The van der Waals surface area contributed by atoms with Gasteiger partial charge in [0.1, 0.15) is 5.71 Å². The fourth-order valence-corrected chi connectivity index (χ4v) is 4.76. The molecule has 2 aromatic carbocycles. The number of halogens is 3. The Labute approximate surface area is 185 Å². The van der Waals surface area contributed by atoms with Crippen molar-refractivity contribution < 1.29 is 4.79 Å². The quantitative estimate of drug-likeness (QED) is 0.719. The predicted octanol–water partition coefficient (Wildman–Crippen LogP) is 4.90. The molecule has 2 atom stereocenters. The zero-order chi connectivity index (χ0) is 20.5. The smallest absolute Gasteiger partial charge is 0.266 e. The van der Waals surface area contributed by atoms with Gasteiger partial charge in [-0.15, -0.1) is 0 Å². The fourth-order valence-electron chi connectivity index (χ4n) is 4.14. The van der Waals surface area contributed by atoms with Crippen LogP contribution in [-0.4, -0.2) is 35.7 Å². The molecule has 0 radical (unpaired) electrons. The van der Waals surface area contributed by atoms with Crippen LogP contribution in [0.1, 0.15) is 30.9 Å². The van der Waals surface area contributed by atoms with Crippen LogP contribution in [-0.2, 0) is 4.79 Å². The molecule has 2 aliphatic rings. The molecule has 5 nitrogen and oxygen atoms in total. The molecule has 1 saturated heterocycles. The minimum absolute atomic E-state index is 0.258. The number of amides is 1. The van der Waals surface area contributed by atoms with E-state index in [0.29, 0.717) is 26.5 Å². The summed E-state index contributed by atoms with van der Waals surface area (Å²) in [4.78, 5) is 14.7. The number of rotatable bonds is 4. The highest BCUT2D eigenvalue weighted by Gasteiger charge is 2.45. The number of primary amides is 1. The van der Waals surface area contributed by atoms with Crippen molar-refractivity contribution in [2.45, 2.75) is 31.3 Å². The number of likely N-dealkylation sites (tertiary alicyclic amines) is 1. The summed E-state index contributed by atoms with van der Waals surface area (Å²) in [5, 5.41) is 8.09. The molecule has 2 aromatic rings. The van der Waals surface area contributed by atoms with Crippen LogP contribution in [0.15, 0.2) is 47.6 Å². The fraction of sp³-hybridized carbons (Fsp3) is 0.333. The van der Waals surface area contributed by atoms with Crippen LogP contribution >= 0.6 is 34.8 Å². The molecule has 1 amide bonds. The molecule has 2 aliphatic heterocycles. The Kier molecular flexibility index (Phi) is 6.02. The number of hydrogen-bond acceptors (Lipinski definition) is 4. The van der Waals surface area contributed by atoms with E-state index in [1.54, 1.807) is 17.1 Å². The molecule has 0 aromatic heterocycles. The molecule has 29 heavy (non-hydrogen) atoms. The maximum atomic E-state index is 12.4. The molecule has 0 saturated carbocycles. The third-order valence-electron chi connectivity index (χ3n) is 5.46. The Hall–Kier alpha value is -1.79. The lowest BCUT2D eigenvalue weighted by Crippen LogP contribution is -2.50. The van der Waals surface area contributed by atoms with E-state index in [0.717, 1.165) is 31.5 Å². The minimum Gasteiger partial charge on any atom is -0.364 e. The van der Waals surface area contributed by atoms with Crippen LogP contribution in [0, 0.1) is 0 Å². The first-order chi connectivity index (χ1) is 14.0. The lowest BCUT2D eigenvalue weighted by atomic mass is 9.93. The molecule has 2 unspecified atom stereocenters. The molecule has 0 bridgehead atoms. The molecule has 2 N–H and O–H groups in total. The van der Waals surface area contributed by atoms with Crippen molar-refractivity contribution in [1.82, 2.24) is 4.90 Å². The summed E-state index contributed by atoms with van der Waals surface area (Å²) in [6.45, 7) is 1.78. The van der Waals surface area contributed by atoms with E-state index in [1.807, 2.05) is 30.3 Å². The summed E-state index contributed by atoms with van der Waals surface area (Å²) in [5.74, 6) is -0.521. The highest BCUT2D eigenvalue weighted by molar-refractivity contribution is 6.41. The number of benzene rings is 2. The van der Waals surface area contributed by atoms with Crippen LogP contribution < -0.4 is 10.7 Å². The average Bonchev–Trinajstić information content (AvgIpc) is 3.10. The van der Waals surface area contributed by atoms with Crippen molar-refractivity contribution in [2.75, 3.05) is 18.1 Å². The van der Waals surface area contributed by atoms with E-state index in [4.69, 9.17) is 40.5 Å². The number of nitrogens with zero attached hydrogens (tertiary/aromatic N) is 3. The number of hydrogen-bond donors (Lipinski definition) is 1. The van der Waals surface area contributed by atoms with Crippen molar-refractivity contribution in [1.29, 1.82) is 0 Å². The number of carbonyl (C=O) groups is 1. The normalized spacial score (nSPS) is 22.6. The van der Waals surface area contributed by atoms with E-state index in [9.17, 15) is 4.79 Å². The molecule has 2 heterocycles. The van der Waals surface area contributed by atoms with Crippen LogP contribution in [0.25, 0.3) is 0 Å². The van der Waals surface area contributed by atoms with Gasteiger partial charge in [-0.3, -0.25) is 14.7 Å². The van der Waals surface area contributed by atoms with E-state index in [2.05, 4.69) is 10.0 Å². The van der Waals surface area contributed by atoms with Gasteiger partial charge in [-0.05, 0) is 61.8 Å². The largest absolute Gasteiger partial charge is 0.364 e. The van der Waals surface area contributed by atoms with Crippen LogP contribution in [0.2, 0.25) is 15.1 Å². The Bertz CT molecular complexity index is 941. The Balaban J connectivity index is 1.84. The van der Waals surface area contributed by atoms with E-state index in [1.165, 1.54) is 6.42 Å². The second-order valence-corrected chi connectivity index (χ2v) is 8.61. The van der Waals surface area contributed by atoms with Crippen molar-refractivity contribution in [3.63, 3.8) is 0 Å². The molecule has 4 rings (SSSR count). The number of hydrazone groups is 1. The summed E-state index contributed by atoms with van der Waals surface area (Å²) in [7, 11) is 0. The third-order valence-corrected chi connectivity index (χ3v) is 6.25. The monoisotopic (exact) mass is 450 g/mol. The van der Waals surface area contributed by atoms with E-state index in [-0.39, 0.29) is 12.1 Å². The second kappa shape index (κ2) is 8.52. The Morgan fingerprint density at radius 2 is 1.59 bits per heavy atom.